The standard InChI is InChI=1S/C25H32F3N2O4P/c1-3-33-35(32,34-4-2)17-11-5-10-16-30-25(23(31)29-18-24(26,27)28)21-14-8-6-12-19(21)20-13-7-9-15-22(20)25/h6-9,12-15,30H,3-5,10-11,16-18H2,1-2H3,(H,29,31). The van der Waals surface area contributed by atoms with E-state index in [1.165, 1.54) is 0 Å². The molecule has 2 N–H and O–H groups in total. The molecular formula is C25H32F3N2O4P. The third kappa shape index (κ3) is 6.33. The van der Waals surface area contributed by atoms with Gasteiger partial charge < -0.3 is 14.4 Å². The molecule has 35 heavy (non-hydrogen) atoms. The largest absolute Gasteiger partial charge is 0.405 e. The van der Waals surface area contributed by atoms with Crippen LogP contribution >= 0.6 is 7.60 Å². The van der Waals surface area contributed by atoms with Gasteiger partial charge in [0.15, 0.2) is 5.54 Å². The van der Waals surface area contributed by atoms with E-state index >= 15 is 0 Å². The first-order valence-electron chi connectivity index (χ1n) is 11.8. The van der Waals surface area contributed by atoms with Crippen LogP contribution in [0.3, 0.4) is 0 Å². The number of alkyl halides is 3. The van der Waals surface area contributed by atoms with Crippen LogP contribution in [0.5, 0.6) is 0 Å². The third-order valence-electron chi connectivity index (χ3n) is 5.89. The Balaban J connectivity index is 1.77. The summed E-state index contributed by atoms with van der Waals surface area (Å²) in [7, 11) is -3.12. The Kier molecular flexibility index (Phi) is 9.16. The highest BCUT2D eigenvalue weighted by Crippen LogP contribution is 2.49. The Bertz CT molecular complexity index is 1010. The van der Waals surface area contributed by atoms with Gasteiger partial charge in [0, 0.05) is 0 Å². The topological polar surface area (TPSA) is 76.7 Å². The molecular weight excluding hydrogens is 480 g/mol. The Hall–Kier alpha value is -2.19. The van der Waals surface area contributed by atoms with Gasteiger partial charge in [0.2, 0.25) is 5.91 Å². The molecule has 2 aromatic rings. The van der Waals surface area contributed by atoms with E-state index < -0.39 is 31.8 Å². The lowest BCUT2D eigenvalue weighted by molar-refractivity contribution is -0.141. The van der Waals surface area contributed by atoms with Crippen molar-refractivity contribution in [3.63, 3.8) is 0 Å². The van der Waals surface area contributed by atoms with E-state index in [9.17, 15) is 22.5 Å². The molecule has 3 rings (SSSR count). The molecule has 0 aromatic heterocycles. The molecule has 2 aromatic carbocycles. The lowest BCUT2D eigenvalue weighted by atomic mass is 9.86. The van der Waals surface area contributed by atoms with Gasteiger partial charge in [-0.15, -0.1) is 0 Å². The van der Waals surface area contributed by atoms with Gasteiger partial charge in [-0.3, -0.25) is 14.7 Å². The van der Waals surface area contributed by atoms with Gasteiger partial charge in [0.1, 0.15) is 6.54 Å². The highest BCUT2D eigenvalue weighted by molar-refractivity contribution is 7.53. The lowest BCUT2D eigenvalue weighted by Gasteiger charge is -2.32. The fraction of sp³-hybridized carbons (Fsp3) is 0.480. The van der Waals surface area contributed by atoms with Crippen LogP contribution in [-0.4, -0.2) is 44.5 Å². The first-order valence-corrected chi connectivity index (χ1v) is 13.6. The molecule has 0 aliphatic heterocycles. The summed E-state index contributed by atoms with van der Waals surface area (Å²) in [5, 5.41) is 5.37. The molecule has 0 fully saturated rings. The summed E-state index contributed by atoms with van der Waals surface area (Å²) in [6.07, 6.45) is -2.34. The average Bonchev–Trinajstić information content (AvgIpc) is 3.11. The second-order valence-corrected chi connectivity index (χ2v) is 10.5. The molecule has 0 spiro atoms. The highest BCUT2D eigenvalue weighted by atomic mass is 31.2. The summed E-state index contributed by atoms with van der Waals surface area (Å²) in [4.78, 5) is 13.4. The normalized spacial score (nSPS) is 14.4. The fourth-order valence-electron chi connectivity index (χ4n) is 4.51. The fourth-order valence-corrected chi connectivity index (χ4v) is 6.24. The van der Waals surface area contributed by atoms with Crippen molar-refractivity contribution in [3.05, 3.63) is 59.7 Å². The van der Waals surface area contributed by atoms with Crippen molar-refractivity contribution in [1.82, 2.24) is 10.6 Å². The summed E-state index contributed by atoms with van der Waals surface area (Å²) in [5.74, 6) is -0.746. The molecule has 6 nitrogen and oxygen atoms in total. The number of unbranched alkanes of at least 4 members (excludes halogenated alkanes) is 2. The van der Waals surface area contributed by atoms with Crippen LogP contribution in [-0.2, 0) is 23.9 Å². The van der Waals surface area contributed by atoms with Crippen molar-refractivity contribution in [2.24, 2.45) is 0 Å². The zero-order valence-electron chi connectivity index (χ0n) is 20.0. The van der Waals surface area contributed by atoms with E-state index in [1.807, 2.05) is 24.3 Å². The maximum absolute atomic E-state index is 13.4. The summed E-state index contributed by atoms with van der Waals surface area (Å²) in [6.45, 7) is 3.08. The van der Waals surface area contributed by atoms with Crippen LogP contribution < -0.4 is 10.6 Å². The first-order chi connectivity index (χ1) is 16.7. The van der Waals surface area contributed by atoms with Crippen molar-refractivity contribution in [2.75, 3.05) is 32.5 Å². The molecule has 10 heteroatoms. The molecule has 0 saturated carbocycles. The molecule has 0 atom stereocenters. The number of nitrogens with one attached hydrogen (secondary N) is 2. The van der Waals surface area contributed by atoms with Gasteiger partial charge in [0.25, 0.3) is 0 Å². The molecule has 1 aliphatic carbocycles. The van der Waals surface area contributed by atoms with Crippen LogP contribution in [0.15, 0.2) is 48.5 Å². The van der Waals surface area contributed by atoms with Crippen molar-refractivity contribution >= 4 is 13.5 Å². The van der Waals surface area contributed by atoms with Crippen molar-refractivity contribution in [3.8, 4) is 11.1 Å². The summed E-state index contributed by atoms with van der Waals surface area (Å²) in [5.41, 5.74) is 1.43. The van der Waals surface area contributed by atoms with E-state index in [4.69, 9.17) is 9.05 Å². The van der Waals surface area contributed by atoms with Crippen LogP contribution in [0, 0.1) is 0 Å². The number of halogens is 3. The number of fused-ring (bicyclic) bond motifs is 3. The maximum atomic E-state index is 13.4. The molecule has 0 heterocycles. The summed E-state index contributed by atoms with van der Waals surface area (Å²) < 4.78 is 62.1. The SMILES string of the molecule is CCOP(=O)(CCCCCNC1(C(=O)NCC(F)(F)F)c2ccccc2-c2ccccc21)OCC. The minimum Gasteiger partial charge on any atom is -0.345 e. The first kappa shape index (κ1) is 27.4. The molecule has 1 aliphatic rings. The zero-order valence-corrected chi connectivity index (χ0v) is 20.9. The molecule has 192 valence electrons. The van der Waals surface area contributed by atoms with Crippen LogP contribution in [0.25, 0.3) is 11.1 Å². The number of carbonyl (C=O) groups is 1. The van der Waals surface area contributed by atoms with Crippen molar-refractivity contribution < 1.29 is 31.6 Å². The molecule has 0 saturated heterocycles. The van der Waals surface area contributed by atoms with E-state index in [0.29, 0.717) is 50.1 Å². The van der Waals surface area contributed by atoms with E-state index in [1.54, 1.807) is 38.1 Å². The van der Waals surface area contributed by atoms with E-state index in [-0.39, 0.29) is 6.16 Å². The van der Waals surface area contributed by atoms with Gasteiger partial charge in [-0.1, -0.05) is 55.0 Å². The minimum atomic E-state index is -4.52. The van der Waals surface area contributed by atoms with Gasteiger partial charge in [-0.25, -0.2) is 0 Å². The Morgan fingerprint density at radius 1 is 0.914 bits per heavy atom. The minimum absolute atomic E-state index is 0.289. The Morgan fingerprint density at radius 3 is 1.97 bits per heavy atom. The predicted molar refractivity (Wildman–Crippen MR) is 129 cm³/mol. The van der Waals surface area contributed by atoms with Gasteiger partial charge in [0.05, 0.1) is 19.4 Å². The summed E-state index contributed by atoms with van der Waals surface area (Å²) >= 11 is 0. The number of hydrogen-bond donors (Lipinski definition) is 2. The number of carbonyl (C=O) groups excluding carboxylic acids is 1. The molecule has 0 radical (unpaired) electrons. The van der Waals surface area contributed by atoms with Crippen LogP contribution in [0.2, 0.25) is 0 Å². The second kappa shape index (κ2) is 11.7. The smallest absolute Gasteiger partial charge is 0.345 e. The molecule has 0 bridgehead atoms. The van der Waals surface area contributed by atoms with Gasteiger partial charge in [-0.05, 0) is 55.5 Å². The number of amides is 1. The van der Waals surface area contributed by atoms with Crippen molar-refractivity contribution in [1.29, 1.82) is 0 Å². The third-order valence-corrected chi connectivity index (χ3v) is 8.06. The Labute approximate surface area is 204 Å². The van der Waals surface area contributed by atoms with E-state index in [2.05, 4.69) is 10.6 Å². The number of rotatable bonds is 13. The predicted octanol–water partition coefficient (Wildman–Crippen LogP) is 5.62. The average molecular weight is 513 g/mol. The number of hydrogen-bond acceptors (Lipinski definition) is 5. The van der Waals surface area contributed by atoms with E-state index in [0.717, 1.165) is 11.1 Å². The van der Waals surface area contributed by atoms with Crippen LogP contribution in [0.4, 0.5) is 13.2 Å². The monoisotopic (exact) mass is 512 g/mol. The molecule has 0 unspecified atom stereocenters. The quantitative estimate of drug-likeness (QED) is 0.269. The Morgan fingerprint density at radius 2 is 1.46 bits per heavy atom. The van der Waals surface area contributed by atoms with Crippen LogP contribution in [0.1, 0.15) is 44.2 Å². The second-order valence-electron chi connectivity index (χ2n) is 8.30. The zero-order chi connectivity index (χ0) is 25.5. The van der Waals surface area contributed by atoms with Crippen molar-refractivity contribution in [2.45, 2.75) is 44.8 Å². The summed E-state index contributed by atoms with van der Waals surface area (Å²) in [6, 6.07) is 14.5. The van der Waals surface area contributed by atoms with Gasteiger partial charge >= 0.3 is 13.8 Å². The lowest BCUT2D eigenvalue weighted by Crippen LogP contribution is -2.55. The highest BCUT2D eigenvalue weighted by Gasteiger charge is 2.49. The molecule has 1 amide bonds. The number of benzene rings is 2. The maximum Gasteiger partial charge on any atom is 0.405 e. The van der Waals surface area contributed by atoms with Gasteiger partial charge in [-0.2, -0.15) is 13.2 Å².